The third kappa shape index (κ3) is 2.01. The third-order valence-electron chi connectivity index (χ3n) is 6.94. The molecule has 4 saturated carbocycles. The summed E-state index contributed by atoms with van der Waals surface area (Å²) >= 11 is 6.17. The summed E-state index contributed by atoms with van der Waals surface area (Å²) in [5.74, 6) is 1.87. The number of hydrogen-bond donors (Lipinski definition) is 0. The highest BCUT2D eigenvalue weighted by atomic mass is 35.5. The fourth-order valence-corrected chi connectivity index (χ4v) is 7.02. The van der Waals surface area contributed by atoms with Gasteiger partial charge < -0.3 is 0 Å². The lowest BCUT2D eigenvalue weighted by molar-refractivity contribution is -0.158. The molecule has 22 heavy (non-hydrogen) atoms. The standard InChI is InChI=1S/C20H25ClO/c1-15(22)19-10-16-9-18(12-19,7-8-21)13-20(11-16,14-19)17-5-3-2-4-6-17/h2-6,16H,7-14H2,1H3/t16?,18-,19?,20+/m0/s1. The van der Waals surface area contributed by atoms with Crippen LogP contribution in [0.3, 0.4) is 0 Å². The molecule has 0 amide bonds. The molecule has 4 aliphatic carbocycles. The first-order valence-corrected chi connectivity index (χ1v) is 9.18. The zero-order chi connectivity index (χ0) is 15.4. The van der Waals surface area contributed by atoms with Crippen molar-refractivity contribution in [3.63, 3.8) is 0 Å². The largest absolute Gasteiger partial charge is 0.299 e. The van der Waals surface area contributed by atoms with Crippen LogP contribution < -0.4 is 0 Å². The molecule has 0 saturated heterocycles. The summed E-state index contributed by atoms with van der Waals surface area (Å²) in [6.07, 6.45) is 8.17. The van der Waals surface area contributed by atoms with Gasteiger partial charge in [0.25, 0.3) is 0 Å². The molecule has 0 aliphatic heterocycles. The van der Waals surface area contributed by atoms with E-state index in [1.54, 1.807) is 0 Å². The predicted molar refractivity (Wildman–Crippen MR) is 90.2 cm³/mol. The SMILES string of the molecule is CC(=O)C12CC3C[C@@](CCCl)(C1)C[C@](c1ccccc1)(C3)C2. The highest BCUT2D eigenvalue weighted by Crippen LogP contribution is 2.71. The highest BCUT2D eigenvalue weighted by molar-refractivity contribution is 6.17. The Hall–Kier alpha value is -0.820. The number of benzene rings is 1. The van der Waals surface area contributed by atoms with Crippen LogP contribution in [0.25, 0.3) is 0 Å². The maximum Gasteiger partial charge on any atom is 0.136 e. The van der Waals surface area contributed by atoms with Gasteiger partial charge >= 0.3 is 0 Å². The number of Topliss-reactive ketones (excluding diaryl/α,β-unsaturated/α-hetero) is 1. The Balaban J connectivity index is 1.83. The molecule has 4 atom stereocenters. The quantitative estimate of drug-likeness (QED) is 0.705. The smallest absolute Gasteiger partial charge is 0.136 e. The first-order chi connectivity index (χ1) is 10.5. The van der Waals surface area contributed by atoms with Gasteiger partial charge in [-0.2, -0.15) is 0 Å². The Kier molecular flexibility index (Phi) is 3.24. The van der Waals surface area contributed by atoms with Crippen molar-refractivity contribution in [2.24, 2.45) is 16.7 Å². The number of ketones is 1. The number of hydrogen-bond acceptors (Lipinski definition) is 1. The molecule has 4 aliphatic rings. The molecule has 4 bridgehead atoms. The van der Waals surface area contributed by atoms with Crippen LogP contribution in [0.2, 0.25) is 0 Å². The lowest BCUT2D eigenvalue weighted by Crippen LogP contribution is -2.60. The lowest BCUT2D eigenvalue weighted by Gasteiger charge is -2.66. The van der Waals surface area contributed by atoms with Gasteiger partial charge in [0.05, 0.1) is 0 Å². The van der Waals surface area contributed by atoms with Gasteiger partial charge in [-0.25, -0.2) is 0 Å². The zero-order valence-electron chi connectivity index (χ0n) is 13.4. The summed E-state index contributed by atoms with van der Waals surface area (Å²) < 4.78 is 0. The summed E-state index contributed by atoms with van der Waals surface area (Å²) in [6, 6.07) is 11.0. The highest BCUT2D eigenvalue weighted by Gasteiger charge is 2.64. The molecule has 5 rings (SSSR count). The fourth-order valence-electron chi connectivity index (χ4n) is 6.62. The van der Waals surface area contributed by atoms with Crippen LogP contribution in [-0.4, -0.2) is 11.7 Å². The average molecular weight is 317 g/mol. The van der Waals surface area contributed by atoms with Gasteiger partial charge in [-0.3, -0.25) is 4.79 Å². The van der Waals surface area contributed by atoms with Gasteiger partial charge in [-0.15, -0.1) is 11.6 Å². The Morgan fingerprint density at radius 1 is 1.14 bits per heavy atom. The monoisotopic (exact) mass is 316 g/mol. The van der Waals surface area contributed by atoms with Gasteiger partial charge in [0, 0.05) is 11.3 Å². The minimum atomic E-state index is -0.0681. The van der Waals surface area contributed by atoms with E-state index in [4.69, 9.17) is 11.6 Å². The van der Waals surface area contributed by atoms with Crippen molar-refractivity contribution in [2.45, 2.75) is 57.3 Å². The van der Waals surface area contributed by atoms with Gasteiger partial charge in [0.1, 0.15) is 5.78 Å². The van der Waals surface area contributed by atoms with Crippen molar-refractivity contribution in [1.29, 1.82) is 0 Å². The van der Waals surface area contributed by atoms with Crippen LogP contribution >= 0.6 is 11.6 Å². The fraction of sp³-hybridized carbons (Fsp3) is 0.650. The minimum Gasteiger partial charge on any atom is -0.299 e. The number of carbonyl (C=O) groups is 1. The van der Waals surface area contributed by atoms with Gasteiger partial charge in [-0.05, 0) is 74.2 Å². The van der Waals surface area contributed by atoms with Gasteiger partial charge in [-0.1, -0.05) is 30.3 Å². The van der Waals surface area contributed by atoms with Crippen LogP contribution in [0.15, 0.2) is 30.3 Å². The summed E-state index contributed by atoms with van der Waals surface area (Å²) in [4.78, 5) is 12.6. The molecule has 0 radical (unpaired) electrons. The van der Waals surface area contributed by atoms with Crippen molar-refractivity contribution in [3.8, 4) is 0 Å². The molecule has 118 valence electrons. The maximum atomic E-state index is 12.6. The molecule has 0 aromatic heterocycles. The maximum absolute atomic E-state index is 12.6. The van der Waals surface area contributed by atoms with E-state index in [9.17, 15) is 4.79 Å². The number of alkyl halides is 1. The molecule has 0 N–H and O–H groups in total. The summed E-state index contributed by atoms with van der Waals surface area (Å²) in [6.45, 7) is 1.83. The molecular weight excluding hydrogens is 292 g/mol. The Morgan fingerprint density at radius 3 is 2.59 bits per heavy atom. The average Bonchev–Trinajstić information content (AvgIpc) is 2.46. The summed E-state index contributed by atoms with van der Waals surface area (Å²) in [5, 5.41) is 0. The van der Waals surface area contributed by atoms with Crippen molar-refractivity contribution in [1.82, 2.24) is 0 Å². The van der Waals surface area contributed by atoms with E-state index >= 15 is 0 Å². The van der Waals surface area contributed by atoms with Crippen LogP contribution in [0.4, 0.5) is 0 Å². The van der Waals surface area contributed by atoms with Crippen molar-refractivity contribution in [2.75, 3.05) is 5.88 Å². The van der Waals surface area contributed by atoms with Crippen LogP contribution in [-0.2, 0) is 10.2 Å². The second-order valence-corrected chi connectivity index (χ2v) is 8.81. The van der Waals surface area contributed by atoms with E-state index in [2.05, 4.69) is 30.3 Å². The molecular formula is C20H25ClO. The summed E-state index contributed by atoms with van der Waals surface area (Å²) in [5.41, 5.74) is 1.92. The van der Waals surface area contributed by atoms with E-state index in [0.717, 1.165) is 31.6 Å². The first-order valence-electron chi connectivity index (χ1n) is 8.64. The number of rotatable bonds is 4. The lowest BCUT2D eigenvalue weighted by atomic mass is 9.37. The number of carbonyl (C=O) groups excluding carboxylic acids is 1. The third-order valence-corrected chi connectivity index (χ3v) is 7.13. The molecule has 1 aromatic carbocycles. The molecule has 0 spiro atoms. The van der Waals surface area contributed by atoms with E-state index in [0.29, 0.717) is 17.1 Å². The van der Waals surface area contributed by atoms with E-state index in [-0.39, 0.29) is 10.8 Å². The number of halogens is 1. The normalized spacial score (nSPS) is 42.5. The molecule has 0 heterocycles. The minimum absolute atomic E-state index is 0.0681. The van der Waals surface area contributed by atoms with Crippen LogP contribution in [0.1, 0.15) is 57.4 Å². The Morgan fingerprint density at radius 2 is 1.91 bits per heavy atom. The van der Waals surface area contributed by atoms with E-state index in [1.807, 2.05) is 6.92 Å². The summed E-state index contributed by atoms with van der Waals surface area (Å²) in [7, 11) is 0. The Bertz CT molecular complexity index is 597. The van der Waals surface area contributed by atoms with Gasteiger partial charge in [0.15, 0.2) is 0 Å². The van der Waals surface area contributed by atoms with Gasteiger partial charge in [0.2, 0.25) is 0 Å². The van der Waals surface area contributed by atoms with E-state index < -0.39 is 0 Å². The zero-order valence-corrected chi connectivity index (χ0v) is 14.2. The first kappa shape index (κ1) is 14.8. The molecule has 2 heteroatoms. The Labute approximate surface area is 138 Å². The van der Waals surface area contributed by atoms with Crippen LogP contribution in [0.5, 0.6) is 0 Å². The van der Waals surface area contributed by atoms with E-state index in [1.165, 1.54) is 24.8 Å². The second kappa shape index (κ2) is 4.84. The predicted octanol–water partition coefficient (Wildman–Crippen LogP) is 5.11. The molecule has 1 nitrogen and oxygen atoms in total. The topological polar surface area (TPSA) is 17.1 Å². The van der Waals surface area contributed by atoms with Crippen LogP contribution in [0, 0.1) is 16.7 Å². The molecule has 2 unspecified atom stereocenters. The molecule has 1 aromatic rings. The second-order valence-electron chi connectivity index (χ2n) is 8.43. The molecule has 4 fully saturated rings. The van der Waals surface area contributed by atoms with Crippen molar-refractivity contribution in [3.05, 3.63) is 35.9 Å². The van der Waals surface area contributed by atoms with Crippen molar-refractivity contribution < 1.29 is 4.79 Å². The van der Waals surface area contributed by atoms with Crippen molar-refractivity contribution >= 4 is 17.4 Å².